The Morgan fingerprint density at radius 2 is 1.91 bits per heavy atom. The number of pyridine rings is 1. The fourth-order valence-electron chi connectivity index (χ4n) is 2.95. The molecule has 3 rings (SSSR count). The van der Waals surface area contributed by atoms with Crippen LogP contribution in [0.25, 0.3) is 17.2 Å². The molecular formula is C18H15N4S+. The van der Waals surface area contributed by atoms with Gasteiger partial charge >= 0.3 is 0 Å². The molecule has 0 fully saturated rings. The van der Waals surface area contributed by atoms with Crippen molar-refractivity contribution >= 4 is 34.4 Å². The molecule has 112 valence electrons. The van der Waals surface area contributed by atoms with E-state index in [1.165, 1.54) is 4.88 Å². The predicted molar refractivity (Wildman–Crippen MR) is 92.0 cm³/mol. The maximum atomic E-state index is 9.52. The molecule has 2 aromatic heterocycles. The Balaban J connectivity index is 2.34. The van der Waals surface area contributed by atoms with Crippen molar-refractivity contribution in [2.75, 3.05) is 5.73 Å². The summed E-state index contributed by atoms with van der Waals surface area (Å²) in [6.45, 7) is 5.87. The lowest BCUT2D eigenvalue weighted by Gasteiger charge is -2.07. The molecule has 0 radical (unpaired) electrons. The van der Waals surface area contributed by atoms with Gasteiger partial charge in [0.1, 0.15) is 23.3 Å². The van der Waals surface area contributed by atoms with Crippen LogP contribution in [0.3, 0.4) is 0 Å². The average Bonchev–Trinajstić information content (AvgIpc) is 3.02. The molecule has 0 spiro atoms. The number of fused-ring (bicyclic) bond motifs is 1. The smallest absolute Gasteiger partial charge is 0.286 e. The first-order chi connectivity index (χ1) is 11.0. The summed E-state index contributed by atoms with van der Waals surface area (Å²) < 4.78 is 0. The molecule has 1 aliphatic carbocycles. The van der Waals surface area contributed by atoms with Gasteiger partial charge in [-0.3, -0.25) is 5.73 Å². The first-order valence-corrected chi connectivity index (χ1v) is 7.95. The third-order valence-electron chi connectivity index (χ3n) is 4.10. The summed E-state index contributed by atoms with van der Waals surface area (Å²) in [5.74, 6) is 0.303. The highest BCUT2D eigenvalue weighted by atomic mass is 32.1. The number of aromatic amines is 1. The van der Waals surface area contributed by atoms with E-state index >= 15 is 0 Å². The molecule has 4 nitrogen and oxygen atoms in total. The largest absolute Gasteiger partial charge is 0.289 e. The minimum atomic E-state index is 0.303. The lowest BCUT2D eigenvalue weighted by atomic mass is 9.97. The maximum absolute atomic E-state index is 9.52. The summed E-state index contributed by atoms with van der Waals surface area (Å²) in [4.78, 5) is 5.39. The number of aryl methyl sites for hydroxylation is 1. The van der Waals surface area contributed by atoms with Gasteiger partial charge in [-0.25, -0.2) is 4.98 Å². The van der Waals surface area contributed by atoms with Crippen molar-refractivity contribution in [3.8, 4) is 12.1 Å². The molecule has 3 N–H and O–H groups in total. The highest BCUT2D eigenvalue weighted by molar-refractivity contribution is 7.12. The minimum absolute atomic E-state index is 0.303. The number of hydrogen-bond donors (Lipinski definition) is 1. The number of nitrogens with two attached hydrogens (primary N) is 1. The molecule has 0 bridgehead atoms. The Hall–Kier alpha value is -2.89. The number of nitrogens with zero attached hydrogens (tertiary/aromatic N) is 2. The van der Waals surface area contributed by atoms with Crippen molar-refractivity contribution in [3.63, 3.8) is 0 Å². The van der Waals surface area contributed by atoms with Gasteiger partial charge in [0, 0.05) is 15.3 Å². The Labute approximate surface area is 138 Å². The zero-order valence-corrected chi connectivity index (χ0v) is 13.9. The van der Waals surface area contributed by atoms with Gasteiger partial charge < -0.3 is 0 Å². The summed E-state index contributed by atoms with van der Waals surface area (Å²) >= 11 is 1.70. The number of anilines is 1. The van der Waals surface area contributed by atoms with Crippen LogP contribution in [0, 0.1) is 36.5 Å². The molecule has 1 aliphatic rings. The van der Waals surface area contributed by atoms with Crippen molar-refractivity contribution in [2.45, 2.75) is 20.8 Å². The van der Waals surface area contributed by atoms with Gasteiger partial charge in [0.05, 0.1) is 0 Å². The van der Waals surface area contributed by atoms with Crippen LogP contribution < -0.4 is 10.7 Å². The van der Waals surface area contributed by atoms with Crippen molar-refractivity contribution < 1.29 is 4.98 Å². The fourth-order valence-corrected chi connectivity index (χ4v) is 3.77. The second kappa shape index (κ2) is 5.39. The molecule has 0 amide bonds. The Kier molecular flexibility index (Phi) is 3.52. The first-order valence-electron chi connectivity index (χ1n) is 7.13. The molecular weight excluding hydrogens is 304 g/mol. The molecule has 23 heavy (non-hydrogen) atoms. The standard InChI is InChI=1S/C18H14N4S/c1-9-4-5-12(23-9)6-13-10(2)14(7-19)17-16(13)11(3)15(8-20)18(21)22-17/h4-6H,1-3H3,(H2,21,22)/p+1. The zero-order chi connectivity index (χ0) is 16.7. The first kappa shape index (κ1) is 15.0. The van der Waals surface area contributed by atoms with Crippen molar-refractivity contribution in [2.24, 2.45) is 0 Å². The monoisotopic (exact) mass is 319 g/mol. The number of nitrogens with one attached hydrogen (secondary N) is 1. The SMILES string of the molecule is CC1=C(C#N)c2[nH+]c(N)c(C#N)c(C)c2C1=Cc1ccc(C)s1. The van der Waals surface area contributed by atoms with E-state index < -0.39 is 0 Å². The van der Waals surface area contributed by atoms with Gasteiger partial charge in [0.25, 0.3) is 5.82 Å². The summed E-state index contributed by atoms with van der Waals surface area (Å²) in [5, 5.41) is 18.9. The number of hydrogen-bond acceptors (Lipinski definition) is 4. The van der Waals surface area contributed by atoms with E-state index in [1.54, 1.807) is 11.3 Å². The van der Waals surface area contributed by atoms with Crippen molar-refractivity contribution in [1.82, 2.24) is 0 Å². The second-order valence-electron chi connectivity index (χ2n) is 5.52. The van der Waals surface area contributed by atoms with E-state index in [9.17, 15) is 10.5 Å². The molecule has 0 aliphatic heterocycles. The van der Waals surface area contributed by atoms with Gasteiger partial charge in [-0.1, -0.05) is 0 Å². The van der Waals surface area contributed by atoms with Crippen LogP contribution in [0.2, 0.25) is 0 Å². The summed E-state index contributed by atoms with van der Waals surface area (Å²) in [7, 11) is 0. The molecule has 5 heteroatoms. The number of allylic oxidation sites excluding steroid dienone is 3. The van der Waals surface area contributed by atoms with Crippen LogP contribution in [0.1, 0.15) is 39.1 Å². The topological polar surface area (TPSA) is 87.7 Å². The number of aromatic nitrogens is 1. The van der Waals surface area contributed by atoms with E-state index in [-0.39, 0.29) is 0 Å². The Bertz CT molecular complexity index is 978. The number of nitriles is 2. The van der Waals surface area contributed by atoms with Gasteiger partial charge in [0.2, 0.25) is 0 Å². The van der Waals surface area contributed by atoms with Crippen molar-refractivity contribution in [3.05, 3.63) is 49.8 Å². The van der Waals surface area contributed by atoms with Gasteiger partial charge in [-0.15, -0.1) is 11.3 Å². The van der Waals surface area contributed by atoms with Crippen molar-refractivity contribution in [1.29, 1.82) is 10.5 Å². The van der Waals surface area contributed by atoms with Crippen LogP contribution in [0.5, 0.6) is 0 Å². The molecule has 0 atom stereocenters. The molecule has 0 saturated heterocycles. The lowest BCUT2D eigenvalue weighted by Crippen LogP contribution is -2.20. The highest BCUT2D eigenvalue weighted by Crippen LogP contribution is 2.43. The Morgan fingerprint density at radius 1 is 1.17 bits per heavy atom. The minimum Gasteiger partial charge on any atom is -0.286 e. The van der Waals surface area contributed by atoms with Crippen LogP contribution in [-0.4, -0.2) is 0 Å². The summed E-state index contributed by atoms with van der Waals surface area (Å²) in [6.07, 6.45) is 2.08. The quantitative estimate of drug-likeness (QED) is 0.872. The van der Waals surface area contributed by atoms with E-state index in [0.717, 1.165) is 27.2 Å². The van der Waals surface area contributed by atoms with Gasteiger partial charge in [-0.05, 0) is 55.7 Å². The molecule has 0 aromatic carbocycles. The summed E-state index contributed by atoms with van der Waals surface area (Å²) in [5.41, 5.74) is 11.3. The third kappa shape index (κ3) is 2.23. The van der Waals surface area contributed by atoms with E-state index in [0.29, 0.717) is 22.6 Å². The number of rotatable bonds is 1. The van der Waals surface area contributed by atoms with Crippen LogP contribution >= 0.6 is 11.3 Å². The van der Waals surface area contributed by atoms with E-state index in [4.69, 9.17) is 5.73 Å². The maximum Gasteiger partial charge on any atom is 0.289 e. The molecule has 0 unspecified atom stereocenters. The normalized spacial score (nSPS) is 14.7. The number of nitrogen functional groups attached to an aromatic ring is 1. The Morgan fingerprint density at radius 3 is 2.48 bits per heavy atom. The van der Waals surface area contributed by atoms with E-state index in [2.05, 4.69) is 42.3 Å². The third-order valence-corrected chi connectivity index (χ3v) is 5.05. The molecule has 0 saturated carbocycles. The molecule has 2 aromatic rings. The summed E-state index contributed by atoms with van der Waals surface area (Å²) in [6, 6.07) is 8.53. The highest BCUT2D eigenvalue weighted by Gasteiger charge is 2.32. The second-order valence-corrected chi connectivity index (χ2v) is 6.84. The van der Waals surface area contributed by atoms with Crippen LogP contribution in [0.15, 0.2) is 17.7 Å². The average molecular weight is 319 g/mol. The number of H-pyrrole nitrogens is 1. The number of thiophene rings is 1. The lowest BCUT2D eigenvalue weighted by molar-refractivity contribution is -0.364. The van der Waals surface area contributed by atoms with Crippen LogP contribution in [-0.2, 0) is 0 Å². The predicted octanol–water partition coefficient (Wildman–Crippen LogP) is 3.48. The molecule has 2 heterocycles. The zero-order valence-electron chi connectivity index (χ0n) is 13.1. The fraction of sp³-hybridized carbons (Fsp3) is 0.167. The van der Waals surface area contributed by atoms with Gasteiger partial charge in [-0.2, -0.15) is 10.5 Å². The van der Waals surface area contributed by atoms with Gasteiger partial charge in [0.15, 0.2) is 5.69 Å². The van der Waals surface area contributed by atoms with E-state index in [1.807, 2.05) is 13.8 Å². The van der Waals surface area contributed by atoms with Crippen LogP contribution in [0.4, 0.5) is 5.82 Å².